The Balaban J connectivity index is 4.07. The Labute approximate surface area is 99.1 Å². The second-order valence-electron chi connectivity index (χ2n) is 4.61. The molecule has 0 aliphatic heterocycles. The molecule has 1 atom stereocenters. The molecule has 0 aromatic carbocycles. The van der Waals surface area contributed by atoms with Crippen LogP contribution in [-0.2, 0) is 4.79 Å². The largest absolute Gasteiger partial charge is 0.481 e. The molecular weight excluding hydrogens is 200 g/mol. The summed E-state index contributed by atoms with van der Waals surface area (Å²) in [5, 5.41) is 8.98. The van der Waals surface area contributed by atoms with Crippen molar-refractivity contribution in [3.05, 3.63) is 17.9 Å². The first-order valence-electron chi connectivity index (χ1n) is 6.21. The molecule has 0 amide bonds. The van der Waals surface area contributed by atoms with E-state index < -0.39 is 5.97 Å². The summed E-state index contributed by atoms with van der Waals surface area (Å²) in [4.78, 5) is 10.9. The van der Waals surface area contributed by atoms with E-state index in [0.717, 1.165) is 6.42 Å². The van der Waals surface area contributed by atoms with Crippen LogP contribution in [-0.4, -0.2) is 11.1 Å². The number of carbonyl (C=O) groups is 1. The van der Waals surface area contributed by atoms with Crippen LogP contribution in [0.3, 0.4) is 0 Å². The molecule has 0 spiro atoms. The van der Waals surface area contributed by atoms with E-state index in [9.17, 15) is 4.79 Å². The molecule has 0 aliphatic carbocycles. The smallest absolute Gasteiger partial charge is 0.310 e. The van der Waals surface area contributed by atoms with Crippen LogP contribution in [0, 0.1) is 11.8 Å². The van der Waals surface area contributed by atoms with E-state index in [1.54, 1.807) is 6.08 Å². The highest BCUT2D eigenvalue weighted by Crippen LogP contribution is 2.12. The lowest BCUT2D eigenvalue weighted by Crippen LogP contribution is -2.13. The fourth-order valence-corrected chi connectivity index (χ4v) is 1.51. The first-order valence-corrected chi connectivity index (χ1v) is 6.21. The lowest BCUT2D eigenvalue weighted by molar-refractivity contribution is -0.140. The van der Waals surface area contributed by atoms with E-state index in [1.807, 2.05) is 19.9 Å². The Morgan fingerprint density at radius 3 is 2.56 bits per heavy atom. The minimum atomic E-state index is -0.747. The lowest BCUT2D eigenvalue weighted by atomic mass is 9.97. The van der Waals surface area contributed by atoms with Crippen molar-refractivity contribution in [2.45, 2.75) is 52.9 Å². The Morgan fingerprint density at radius 1 is 1.38 bits per heavy atom. The molecule has 0 saturated heterocycles. The van der Waals surface area contributed by atoms with Gasteiger partial charge in [-0.1, -0.05) is 33.6 Å². The van der Waals surface area contributed by atoms with Gasteiger partial charge in [0.25, 0.3) is 0 Å². The number of aliphatic carboxylic acids is 1. The van der Waals surface area contributed by atoms with Gasteiger partial charge in [-0.15, -0.1) is 5.73 Å². The summed E-state index contributed by atoms with van der Waals surface area (Å²) >= 11 is 0. The first-order chi connectivity index (χ1) is 7.57. The van der Waals surface area contributed by atoms with E-state index in [4.69, 9.17) is 5.11 Å². The van der Waals surface area contributed by atoms with Crippen LogP contribution >= 0.6 is 0 Å². The highest BCUT2D eigenvalue weighted by atomic mass is 16.4. The number of hydrogen-bond acceptors (Lipinski definition) is 1. The molecule has 0 bridgehead atoms. The number of rotatable bonds is 8. The molecule has 0 aromatic heterocycles. The van der Waals surface area contributed by atoms with E-state index >= 15 is 0 Å². The summed E-state index contributed by atoms with van der Waals surface area (Å²) in [5.74, 6) is -0.732. The van der Waals surface area contributed by atoms with Crippen molar-refractivity contribution in [3.8, 4) is 0 Å². The average Bonchev–Trinajstić information content (AvgIpc) is 2.20. The average molecular weight is 224 g/mol. The van der Waals surface area contributed by atoms with Crippen molar-refractivity contribution in [2.75, 3.05) is 0 Å². The van der Waals surface area contributed by atoms with Crippen molar-refractivity contribution >= 4 is 5.97 Å². The summed E-state index contributed by atoms with van der Waals surface area (Å²) in [6.45, 7) is 6.24. The second kappa shape index (κ2) is 9.23. The van der Waals surface area contributed by atoms with Crippen molar-refractivity contribution in [2.24, 2.45) is 11.8 Å². The lowest BCUT2D eigenvalue weighted by Gasteiger charge is -2.08. The topological polar surface area (TPSA) is 37.3 Å². The molecule has 0 radical (unpaired) electrons. The van der Waals surface area contributed by atoms with Crippen LogP contribution in [0.15, 0.2) is 17.9 Å². The molecule has 1 N–H and O–H groups in total. The predicted molar refractivity (Wildman–Crippen MR) is 67.4 cm³/mol. The zero-order chi connectivity index (χ0) is 12.4. The highest BCUT2D eigenvalue weighted by Gasteiger charge is 2.14. The number of carboxylic acids is 1. The van der Waals surface area contributed by atoms with Crippen molar-refractivity contribution in [1.29, 1.82) is 0 Å². The first kappa shape index (κ1) is 15.0. The van der Waals surface area contributed by atoms with E-state index in [-0.39, 0.29) is 5.92 Å². The van der Waals surface area contributed by atoms with E-state index in [2.05, 4.69) is 12.7 Å². The van der Waals surface area contributed by atoms with Crippen LogP contribution in [0.5, 0.6) is 0 Å². The molecule has 0 aliphatic rings. The molecule has 16 heavy (non-hydrogen) atoms. The van der Waals surface area contributed by atoms with Crippen LogP contribution in [0.2, 0.25) is 0 Å². The van der Waals surface area contributed by atoms with E-state index in [0.29, 0.717) is 12.3 Å². The quantitative estimate of drug-likeness (QED) is 0.499. The van der Waals surface area contributed by atoms with Crippen LogP contribution in [0.1, 0.15) is 52.9 Å². The Kier molecular flexibility index (Phi) is 8.65. The van der Waals surface area contributed by atoms with E-state index in [1.165, 1.54) is 19.3 Å². The minimum Gasteiger partial charge on any atom is -0.481 e. The molecule has 0 saturated carbocycles. The third-order valence-electron chi connectivity index (χ3n) is 2.41. The maximum absolute atomic E-state index is 10.9. The molecule has 2 heteroatoms. The molecule has 92 valence electrons. The zero-order valence-electron chi connectivity index (χ0n) is 10.7. The maximum atomic E-state index is 10.9. The van der Waals surface area contributed by atoms with Crippen LogP contribution in [0.25, 0.3) is 0 Å². The summed E-state index contributed by atoms with van der Waals surface area (Å²) in [6, 6.07) is 0. The molecule has 0 rings (SSSR count). The van der Waals surface area contributed by atoms with Gasteiger partial charge in [0.2, 0.25) is 0 Å². The molecular formula is C14H24O2. The predicted octanol–water partition coefficient (Wildman–Crippen LogP) is 4.02. The molecule has 0 fully saturated rings. The van der Waals surface area contributed by atoms with Gasteiger partial charge in [0.05, 0.1) is 5.92 Å². The maximum Gasteiger partial charge on any atom is 0.310 e. The zero-order valence-corrected chi connectivity index (χ0v) is 10.7. The summed E-state index contributed by atoms with van der Waals surface area (Å²) in [6.07, 6.45) is 8.93. The fourth-order valence-electron chi connectivity index (χ4n) is 1.51. The van der Waals surface area contributed by atoms with Crippen LogP contribution < -0.4 is 0 Å². The second-order valence-corrected chi connectivity index (χ2v) is 4.61. The summed E-state index contributed by atoms with van der Waals surface area (Å²) in [5.41, 5.74) is 3.00. The van der Waals surface area contributed by atoms with Gasteiger partial charge in [-0.05, 0) is 37.3 Å². The van der Waals surface area contributed by atoms with Gasteiger partial charge >= 0.3 is 5.97 Å². The monoisotopic (exact) mass is 224 g/mol. The molecule has 2 nitrogen and oxygen atoms in total. The summed E-state index contributed by atoms with van der Waals surface area (Å²) < 4.78 is 0. The van der Waals surface area contributed by atoms with Gasteiger partial charge in [0.1, 0.15) is 0 Å². The van der Waals surface area contributed by atoms with Crippen molar-refractivity contribution < 1.29 is 9.90 Å². The summed E-state index contributed by atoms with van der Waals surface area (Å²) in [7, 11) is 0. The van der Waals surface area contributed by atoms with Crippen molar-refractivity contribution in [3.63, 3.8) is 0 Å². The van der Waals surface area contributed by atoms with Gasteiger partial charge in [0.15, 0.2) is 0 Å². The van der Waals surface area contributed by atoms with Gasteiger partial charge in [-0.3, -0.25) is 4.79 Å². The molecule has 0 heterocycles. The standard InChI is InChI=1S/C14H24O2/c1-4-5-6-7-8-9-10-13(14(15)16)11-12(2)3/h8,10,12-13H,4-7,11H2,1-3H3,(H,15,16). The van der Waals surface area contributed by atoms with Crippen LogP contribution in [0.4, 0.5) is 0 Å². The van der Waals surface area contributed by atoms with Gasteiger partial charge in [0, 0.05) is 0 Å². The minimum absolute atomic E-state index is 0.387. The number of hydrogen-bond donors (Lipinski definition) is 1. The fraction of sp³-hybridized carbons (Fsp3) is 0.714. The molecule has 1 unspecified atom stereocenters. The number of unbranched alkanes of at least 4 members (excludes halogenated alkanes) is 3. The third kappa shape index (κ3) is 8.31. The van der Waals surface area contributed by atoms with Gasteiger partial charge in [-0.2, -0.15) is 0 Å². The third-order valence-corrected chi connectivity index (χ3v) is 2.41. The molecule has 0 aromatic rings. The Bertz CT molecular complexity index is 247. The Hall–Kier alpha value is -1.01. The highest BCUT2D eigenvalue weighted by molar-refractivity contribution is 5.72. The SMILES string of the molecule is CCCCCC=C=CC(CC(C)C)C(=O)O. The van der Waals surface area contributed by atoms with Crippen molar-refractivity contribution in [1.82, 2.24) is 0 Å². The van der Waals surface area contributed by atoms with Gasteiger partial charge in [-0.25, -0.2) is 0 Å². The Morgan fingerprint density at radius 2 is 2.06 bits per heavy atom. The van der Waals surface area contributed by atoms with Gasteiger partial charge < -0.3 is 5.11 Å². The normalized spacial score (nSPS) is 12.0. The number of carboxylic acid groups (broad SMARTS) is 1.